The third-order valence-electron chi connectivity index (χ3n) is 6.53. The molecule has 1 nitrogen and oxygen atoms in total. The van der Waals surface area contributed by atoms with Crippen LogP contribution in [0.25, 0.3) is 0 Å². The molecule has 0 aromatic heterocycles. The first kappa shape index (κ1) is 16.9. The van der Waals surface area contributed by atoms with Crippen molar-refractivity contribution in [2.24, 2.45) is 23.7 Å². The number of fused-ring (bicyclic) bond motifs is 1. The van der Waals surface area contributed by atoms with E-state index in [-0.39, 0.29) is 0 Å². The van der Waals surface area contributed by atoms with E-state index in [1.165, 1.54) is 63.4 Å². The summed E-state index contributed by atoms with van der Waals surface area (Å²) < 4.78 is 5.25. The van der Waals surface area contributed by atoms with Crippen molar-refractivity contribution >= 4 is 0 Å². The summed E-state index contributed by atoms with van der Waals surface area (Å²) in [5.41, 5.74) is 1.47. The molecule has 0 radical (unpaired) electrons. The summed E-state index contributed by atoms with van der Waals surface area (Å²) in [4.78, 5) is 0. The monoisotopic (exact) mass is 314 g/mol. The van der Waals surface area contributed by atoms with Crippen LogP contribution >= 0.6 is 0 Å². The lowest BCUT2D eigenvalue weighted by atomic mass is 9.63. The highest BCUT2D eigenvalue weighted by molar-refractivity contribution is 5.27. The van der Waals surface area contributed by atoms with Crippen LogP contribution in [0, 0.1) is 23.7 Å². The lowest BCUT2D eigenvalue weighted by Gasteiger charge is -2.42. The normalized spacial score (nSPS) is 30.7. The van der Waals surface area contributed by atoms with Gasteiger partial charge in [-0.25, -0.2) is 0 Å². The number of hydrogen-bond donors (Lipinski definition) is 0. The molecule has 1 aromatic carbocycles. The summed E-state index contributed by atoms with van der Waals surface area (Å²) in [6, 6.07) is 8.67. The number of methoxy groups -OCH3 is 1. The molecule has 3 rings (SSSR count). The van der Waals surface area contributed by atoms with Crippen LogP contribution < -0.4 is 4.74 Å². The van der Waals surface area contributed by atoms with Gasteiger partial charge in [0.1, 0.15) is 5.75 Å². The van der Waals surface area contributed by atoms with Crippen LogP contribution in [0.4, 0.5) is 0 Å². The van der Waals surface area contributed by atoms with Crippen molar-refractivity contribution in [1.82, 2.24) is 0 Å². The molecule has 2 fully saturated rings. The average Bonchev–Trinajstić information content (AvgIpc) is 2.60. The second-order valence-electron chi connectivity index (χ2n) is 8.05. The Morgan fingerprint density at radius 1 is 0.870 bits per heavy atom. The van der Waals surface area contributed by atoms with E-state index in [1.807, 2.05) is 0 Å². The van der Waals surface area contributed by atoms with Gasteiger partial charge in [0.2, 0.25) is 0 Å². The Bertz CT molecular complexity index is 463. The topological polar surface area (TPSA) is 9.23 Å². The molecule has 2 aliphatic carbocycles. The zero-order valence-electron chi connectivity index (χ0n) is 15.1. The first-order valence-corrected chi connectivity index (χ1v) is 9.91. The molecule has 2 saturated carbocycles. The standard InChI is InChI=1S/C22H34O/c1-3-4-18-7-11-21-16-19(8-12-20(21)15-18)6-5-17-9-13-22(23-2)14-10-17/h9-10,13-14,18-21H,3-8,11-12,15-16H2,1-2H3/t18?,19-,20-,21-/m1/s1. The van der Waals surface area contributed by atoms with E-state index in [4.69, 9.17) is 4.74 Å². The Morgan fingerprint density at radius 3 is 2.04 bits per heavy atom. The number of benzene rings is 1. The quantitative estimate of drug-likeness (QED) is 0.602. The maximum Gasteiger partial charge on any atom is 0.118 e. The maximum atomic E-state index is 5.25. The van der Waals surface area contributed by atoms with Crippen molar-refractivity contribution in [2.75, 3.05) is 7.11 Å². The largest absolute Gasteiger partial charge is 0.497 e. The SMILES string of the molecule is CCCC1CC[C@@H]2C[C@H](CCc3ccc(OC)cc3)CC[C@@H]2C1. The van der Waals surface area contributed by atoms with Gasteiger partial charge in [0, 0.05) is 0 Å². The van der Waals surface area contributed by atoms with E-state index in [9.17, 15) is 0 Å². The van der Waals surface area contributed by atoms with Gasteiger partial charge >= 0.3 is 0 Å². The highest BCUT2D eigenvalue weighted by atomic mass is 16.5. The van der Waals surface area contributed by atoms with Gasteiger partial charge in [-0.1, -0.05) is 44.7 Å². The first-order chi connectivity index (χ1) is 11.3. The predicted molar refractivity (Wildman–Crippen MR) is 97.9 cm³/mol. The van der Waals surface area contributed by atoms with Gasteiger partial charge in [0.05, 0.1) is 7.11 Å². The van der Waals surface area contributed by atoms with Gasteiger partial charge < -0.3 is 4.74 Å². The lowest BCUT2D eigenvalue weighted by molar-refractivity contribution is 0.0921. The molecule has 0 saturated heterocycles. The van der Waals surface area contributed by atoms with Gasteiger partial charge in [0.15, 0.2) is 0 Å². The molecular formula is C22H34O. The maximum absolute atomic E-state index is 5.25. The van der Waals surface area contributed by atoms with Crippen LogP contribution in [0.3, 0.4) is 0 Å². The van der Waals surface area contributed by atoms with Crippen molar-refractivity contribution < 1.29 is 4.74 Å². The zero-order chi connectivity index (χ0) is 16.1. The summed E-state index contributed by atoms with van der Waals surface area (Å²) >= 11 is 0. The highest BCUT2D eigenvalue weighted by Crippen LogP contribution is 2.46. The molecule has 0 N–H and O–H groups in total. The van der Waals surface area contributed by atoms with Gasteiger partial charge in [-0.2, -0.15) is 0 Å². The van der Waals surface area contributed by atoms with Crippen LogP contribution in [-0.4, -0.2) is 7.11 Å². The van der Waals surface area contributed by atoms with Crippen LogP contribution in [0.15, 0.2) is 24.3 Å². The van der Waals surface area contributed by atoms with Crippen LogP contribution in [0.2, 0.25) is 0 Å². The predicted octanol–water partition coefficient (Wildman–Crippen LogP) is 6.26. The molecule has 0 spiro atoms. The lowest BCUT2D eigenvalue weighted by Crippen LogP contribution is -2.31. The Labute approximate surface area is 142 Å². The third kappa shape index (κ3) is 4.52. The Balaban J connectivity index is 1.44. The molecule has 0 bridgehead atoms. The minimum absolute atomic E-state index is 0.970. The van der Waals surface area contributed by atoms with Gasteiger partial charge in [-0.15, -0.1) is 0 Å². The summed E-state index contributed by atoms with van der Waals surface area (Å²) in [5.74, 6) is 5.12. The first-order valence-electron chi connectivity index (χ1n) is 9.91. The zero-order valence-corrected chi connectivity index (χ0v) is 15.1. The summed E-state index contributed by atoms with van der Waals surface area (Å²) in [6.07, 6.45) is 14.6. The van der Waals surface area contributed by atoms with Crippen molar-refractivity contribution in [1.29, 1.82) is 0 Å². The minimum atomic E-state index is 0.970. The number of hydrogen-bond acceptors (Lipinski definition) is 1. The second-order valence-corrected chi connectivity index (χ2v) is 8.05. The van der Waals surface area contributed by atoms with Crippen molar-refractivity contribution in [3.05, 3.63) is 29.8 Å². The Morgan fingerprint density at radius 2 is 1.48 bits per heavy atom. The Kier molecular flexibility index (Phi) is 6.02. The van der Waals surface area contributed by atoms with E-state index in [1.54, 1.807) is 13.5 Å². The molecule has 0 heterocycles. The molecule has 23 heavy (non-hydrogen) atoms. The molecule has 1 heteroatoms. The summed E-state index contributed by atoms with van der Waals surface area (Å²) in [5, 5.41) is 0. The van der Waals surface area contributed by atoms with Gasteiger partial charge in [0.25, 0.3) is 0 Å². The molecule has 0 amide bonds. The van der Waals surface area contributed by atoms with Crippen molar-refractivity contribution in [3.63, 3.8) is 0 Å². The van der Waals surface area contributed by atoms with E-state index < -0.39 is 0 Å². The van der Waals surface area contributed by atoms with E-state index in [0.29, 0.717) is 0 Å². The van der Waals surface area contributed by atoms with Crippen LogP contribution in [0.1, 0.15) is 70.3 Å². The van der Waals surface area contributed by atoms with Gasteiger partial charge in [-0.3, -0.25) is 0 Å². The van der Waals surface area contributed by atoms with E-state index >= 15 is 0 Å². The molecule has 4 atom stereocenters. The van der Waals surface area contributed by atoms with E-state index in [2.05, 4.69) is 31.2 Å². The second kappa shape index (κ2) is 8.22. The Hall–Kier alpha value is -0.980. The van der Waals surface area contributed by atoms with E-state index in [0.717, 1.165) is 29.4 Å². The van der Waals surface area contributed by atoms with Crippen LogP contribution in [-0.2, 0) is 6.42 Å². The van der Waals surface area contributed by atoms with Crippen molar-refractivity contribution in [3.8, 4) is 5.75 Å². The molecule has 128 valence electrons. The van der Waals surface area contributed by atoms with Crippen molar-refractivity contribution in [2.45, 2.75) is 71.1 Å². The molecule has 1 unspecified atom stereocenters. The minimum Gasteiger partial charge on any atom is -0.497 e. The molecule has 2 aliphatic rings. The fourth-order valence-electron chi connectivity index (χ4n) is 5.18. The molecule has 0 aliphatic heterocycles. The number of aryl methyl sites for hydroxylation is 1. The highest BCUT2D eigenvalue weighted by Gasteiger charge is 2.34. The van der Waals surface area contributed by atoms with Gasteiger partial charge in [-0.05, 0) is 79.9 Å². The number of ether oxygens (including phenoxy) is 1. The number of rotatable bonds is 6. The smallest absolute Gasteiger partial charge is 0.118 e. The fraction of sp³-hybridized carbons (Fsp3) is 0.727. The molecular weight excluding hydrogens is 280 g/mol. The fourth-order valence-corrected chi connectivity index (χ4v) is 5.18. The average molecular weight is 315 g/mol. The summed E-state index contributed by atoms with van der Waals surface area (Å²) in [7, 11) is 1.74. The summed E-state index contributed by atoms with van der Waals surface area (Å²) in [6.45, 7) is 2.35. The molecule has 1 aromatic rings. The van der Waals surface area contributed by atoms with Crippen LogP contribution in [0.5, 0.6) is 5.75 Å². The third-order valence-corrected chi connectivity index (χ3v) is 6.53.